The van der Waals surface area contributed by atoms with Crippen LogP contribution in [0.3, 0.4) is 0 Å². The Morgan fingerprint density at radius 2 is 1.84 bits per heavy atom. The predicted octanol–water partition coefficient (Wildman–Crippen LogP) is 2.06. The van der Waals surface area contributed by atoms with E-state index in [0.29, 0.717) is 19.3 Å². The first-order chi connectivity index (χ1) is 15.1. The topological polar surface area (TPSA) is 106 Å². The first-order valence-electron chi connectivity index (χ1n) is 10.0. The van der Waals surface area contributed by atoms with Gasteiger partial charge in [-0.2, -0.15) is 8.78 Å². The summed E-state index contributed by atoms with van der Waals surface area (Å²) in [5.74, 6) is -2.15. The van der Waals surface area contributed by atoms with Gasteiger partial charge in [-0.05, 0) is 44.2 Å². The number of nitrogens with one attached hydrogen (secondary N) is 3. The first-order valence-corrected chi connectivity index (χ1v) is 10.4. The van der Waals surface area contributed by atoms with Crippen LogP contribution in [-0.2, 0) is 19.1 Å². The molecule has 4 aliphatic rings. The van der Waals surface area contributed by atoms with Crippen LogP contribution in [0, 0.1) is 17.2 Å². The summed E-state index contributed by atoms with van der Waals surface area (Å²) in [7, 11) is 0. The smallest absolute Gasteiger partial charge is 0.345 e. The summed E-state index contributed by atoms with van der Waals surface area (Å²) in [6, 6.07) is 3.86. The highest BCUT2D eigenvalue weighted by molar-refractivity contribution is 6.30. The van der Waals surface area contributed by atoms with Crippen molar-refractivity contribution in [1.82, 2.24) is 16.2 Å². The molecule has 0 saturated heterocycles. The molecule has 0 atom stereocenters. The SMILES string of the molecule is O=C(COc1ccc(Cl)c(F)c1)NC12CC(C(=O)NNC(=O)C3CC(OC(F)F)C3)(C1)C2. The van der Waals surface area contributed by atoms with Gasteiger partial charge in [0.05, 0.1) is 16.5 Å². The molecule has 0 aromatic heterocycles. The van der Waals surface area contributed by atoms with Gasteiger partial charge in [-0.15, -0.1) is 0 Å². The Balaban J connectivity index is 1.14. The number of ether oxygens (including phenoxy) is 2. The second-order valence-corrected chi connectivity index (χ2v) is 9.04. The van der Waals surface area contributed by atoms with Gasteiger partial charge in [-0.25, -0.2) is 4.39 Å². The van der Waals surface area contributed by atoms with Gasteiger partial charge in [0, 0.05) is 17.5 Å². The minimum atomic E-state index is -2.87. The Morgan fingerprint density at radius 1 is 1.16 bits per heavy atom. The van der Waals surface area contributed by atoms with E-state index in [2.05, 4.69) is 20.9 Å². The van der Waals surface area contributed by atoms with Crippen molar-refractivity contribution >= 4 is 29.3 Å². The van der Waals surface area contributed by atoms with E-state index < -0.39 is 47.2 Å². The number of halogens is 4. The zero-order chi connectivity index (χ0) is 23.1. The van der Waals surface area contributed by atoms with E-state index in [4.69, 9.17) is 16.3 Å². The highest BCUT2D eigenvalue weighted by Crippen LogP contribution is 2.67. The maximum Gasteiger partial charge on any atom is 0.345 e. The summed E-state index contributed by atoms with van der Waals surface area (Å²) in [6.07, 6.45) is 0.989. The summed E-state index contributed by atoms with van der Waals surface area (Å²) in [5.41, 5.74) is 3.58. The molecule has 12 heteroatoms. The van der Waals surface area contributed by atoms with Crippen LogP contribution in [0.15, 0.2) is 18.2 Å². The number of amides is 3. The lowest BCUT2D eigenvalue weighted by Crippen LogP contribution is -2.79. The number of benzene rings is 1. The maximum absolute atomic E-state index is 13.4. The summed E-state index contributed by atoms with van der Waals surface area (Å²) in [6.45, 7) is -3.18. The highest BCUT2D eigenvalue weighted by atomic mass is 35.5. The van der Waals surface area contributed by atoms with Gasteiger partial charge in [0.15, 0.2) is 6.61 Å². The van der Waals surface area contributed by atoms with Crippen LogP contribution >= 0.6 is 11.6 Å². The number of hydrazine groups is 1. The van der Waals surface area contributed by atoms with Crippen molar-refractivity contribution in [2.24, 2.45) is 11.3 Å². The van der Waals surface area contributed by atoms with E-state index in [1.807, 2.05) is 0 Å². The monoisotopic (exact) mass is 475 g/mol. The van der Waals surface area contributed by atoms with Crippen LogP contribution in [0.4, 0.5) is 13.2 Å². The second kappa shape index (κ2) is 8.43. The van der Waals surface area contributed by atoms with Gasteiger partial charge in [0.2, 0.25) is 11.8 Å². The summed E-state index contributed by atoms with van der Waals surface area (Å²) in [4.78, 5) is 36.5. The van der Waals surface area contributed by atoms with Gasteiger partial charge in [0.25, 0.3) is 5.91 Å². The molecule has 0 unspecified atom stereocenters. The molecule has 1 aromatic carbocycles. The average molecular weight is 476 g/mol. The molecule has 1 aromatic rings. The number of carbonyl (C=O) groups excluding carboxylic acids is 3. The minimum Gasteiger partial charge on any atom is -0.484 e. The molecule has 4 saturated carbocycles. The molecular weight excluding hydrogens is 455 g/mol. The molecule has 3 N–H and O–H groups in total. The third-order valence-corrected chi connectivity index (χ3v) is 6.54. The van der Waals surface area contributed by atoms with Gasteiger partial charge in [-0.3, -0.25) is 25.2 Å². The zero-order valence-electron chi connectivity index (χ0n) is 16.8. The molecule has 0 heterocycles. The lowest BCUT2D eigenvalue weighted by atomic mass is 9.39. The standard InChI is InChI=1S/C20H21ClF3N3O5/c21-13-2-1-11(5-14(13)22)31-6-15(28)25-20-7-19(8-20,9-20)17(30)27-26-16(29)10-3-12(4-10)32-18(23)24/h1-2,5,10,12,18H,3-4,6-9H2,(H,25,28)(H,26,29)(H,27,30). The van der Waals surface area contributed by atoms with E-state index >= 15 is 0 Å². The van der Waals surface area contributed by atoms with E-state index in [1.165, 1.54) is 12.1 Å². The van der Waals surface area contributed by atoms with E-state index in [1.54, 1.807) is 0 Å². The van der Waals surface area contributed by atoms with Crippen LogP contribution in [-0.4, -0.2) is 42.6 Å². The molecule has 4 aliphatic carbocycles. The van der Waals surface area contributed by atoms with Gasteiger partial charge in [-0.1, -0.05) is 11.6 Å². The minimum absolute atomic E-state index is 0.0481. The molecule has 0 spiro atoms. The Morgan fingerprint density at radius 3 is 2.47 bits per heavy atom. The molecular formula is C20H21ClF3N3O5. The molecule has 8 nitrogen and oxygen atoms in total. The molecule has 32 heavy (non-hydrogen) atoms. The fraction of sp³-hybridized carbons (Fsp3) is 0.550. The van der Waals surface area contributed by atoms with Gasteiger partial charge in [0.1, 0.15) is 11.6 Å². The molecule has 5 rings (SSSR count). The lowest BCUT2D eigenvalue weighted by molar-refractivity contribution is -0.194. The molecule has 2 bridgehead atoms. The molecule has 0 radical (unpaired) electrons. The van der Waals surface area contributed by atoms with E-state index in [9.17, 15) is 27.6 Å². The quantitative estimate of drug-likeness (QED) is 0.499. The van der Waals surface area contributed by atoms with Crippen LogP contribution in [0.5, 0.6) is 5.75 Å². The van der Waals surface area contributed by atoms with Gasteiger partial charge < -0.3 is 14.8 Å². The Bertz CT molecular complexity index is 921. The molecule has 0 aliphatic heterocycles. The molecule has 4 fully saturated rings. The zero-order valence-corrected chi connectivity index (χ0v) is 17.5. The molecule has 3 amide bonds. The number of hydrogen-bond donors (Lipinski definition) is 3. The van der Waals surface area contributed by atoms with Crippen molar-refractivity contribution in [3.63, 3.8) is 0 Å². The second-order valence-electron chi connectivity index (χ2n) is 8.63. The average Bonchev–Trinajstić information content (AvgIpc) is 2.64. The predicted molar refractivity (Wildman–Crippen MR) is 104 cm³/mol. The van der Waals surface area contributed by atoms with Crippen molar-refractivity contribution in [2.75, 3.05) is 6.61 Å². The fourth-order valence-corrected chi connectivity index (χ4v) is 4.72. The van der Waals surface area contributed by atoms with Crippen LogP contribution in [0.2, 0.25) is 5.02 Å². The van der Waals surface area contributed by atoms with Crippen LogP contribution < -0.4 is 20.9 Å². The largest absolute Gasteiger partial charge is 0.484 e. The van der Waals surface area contributed by atoms with E-state index in [0.717, 1.165) is 6.07 Å². The summed E-state index contributed by atoms with van der Waals surface area (Å²) in [5, 5.41) is 2.78. The summed E-state index contributed by atoms with van der Waals surface area (Å²) < 4.78 is 47.2. The number of hydrogen-bond acceptors (Lipinski definition) is 5. The number of carbonyl (C=O) groups is 3. The Labute approximate surface area is 186 Å². The van der Waals surface area contributed by atoms with Crippen LogP contribution in [0.1, 0.15) is 32.1 Å². The molecule has 174 valence electrons. The summed E-state index contributed by atoms with van der Waals surface area (Å²) >= 11 is 5.59. The van der Waals surface area contributed by atoms with Crippen molar-refractivity contribution in [3.8, 4) is 5.75 Å². The number of rotatable bonds is 8. The Kier molecular flexibility index (Phi) is 5.97. The number of alkyl halides is 2. The van der Waals surface area contributed by atoms with Crippen molar-refractivity contribution in [2.45, 2.75) is 50.4 Å². The lowest BCUT2D eigenvalue weighted by Gasteiger charge is -2.68. The highest BCUT2D eigenvalue weighted by Gasteiger charge is 2.72. The maximum atomic E-state index is 13.4. The van der Waals surface area contributed by atoms with Crippen molar-refractivity contribution < 1.29 is 37.0 Å². The van der Waals surface area contributed by atoms with Crippen LogP contribution in [0.25, 0.3) is 0 Å². The third kappa shape index (κ3) is 4.49. The first kappa shape index (κ1) is 22.7. The normalized spacial score (nSPS) is 29.8. The van der Waals surface area contributed by atoms with Crippen molar-refractivity contribution in [3.05, 3.63) is 29.0 Å². The van der Waals surface area contributed by atoms with Gasteiger partial charge >= 0.3 is 6.61 Å². The van der Waals surface area contributed by atoms with E-state index in [-0.39, 0.29) is 36.1 Å². The van der Waals surface area contributed by atoms with Crippen molar-refractivity contribution in [1.29, 1.82) is 0 Å². The Hall–Kier alpha value is -2.53. The fourth-order valence-electron chi connectivity index (χ4n) is 4.60. The third-order valence-electron chi connectivity index (χ3n) is 6.24.